The molecule has 1 atom stereocenters. The molecule has 1 aromatic carbocycles. The molecule has 1 aliphatic heterocycles. The standard InChI is InChI=1S/C18H25N5O2/c1-3-25-17-6-4-16(5-7-17)12-21-8-10-22(11-9-21)18(24)15(2)23-14-19-13-20-23/h4-7,13-15H,3,8-12H2,1-2H3/t15-/m0/s1. The largest absolute Gasteiger partial charge is 0.494 e. The maximum Gasteiger partial charge on any atom is 0.247 e. The zero-order valence-corrected chi connectivity index (χ0v) is 14.8. The third-order valence-corrected chi connectivity index (χ3v) is 4.52. The van der Waals surface area contributed by atoms with Crippen LogP contribution < -0.4 is 4.74 Å². The highest BCUT2D eigenvalue weighted by Gasteiger charge is 2.26. The lowest BCUT2D eigenvalue weighted by molar-refractivity contribution is -0.136. The number of amides is 1. The van der Waals surface area contributed by atoms with Gasteiger partial charge in [-0.25, -0.2) is 9.67 Å². The van der Waals surface area contributed by atoms with E-state index in [2.05, 4.69) is 27.1 Å². The van der Waals surface area contributed by atoms with Gasteiger partial charge in [-0.1, -0.05) is 12.1 Å². The van der Waals surface area contributed by atoms with E-state index in [4.69, 9.17) is 4.74 Å². The van der Waals surface area contributed by atoms with Crippen molar-refractivity contribution in [1.82, 2.24) is 24.6 Å². The first-order valence-corrected chi connectivity index (χ1v) is 8.74. The summed E-state index contributed by atoms with van der Waals surface area (Å²) in [7, 11) is 0. The van der Waals surface area contributed by atoms with Crippen LogP contribution in [0.1, 0.15) is 25.5 Å². The molecular weight excluding hydrogens is 318 g/mol. The quantitative estimate of drug-likeness (QED) is 0.797. The summed E-state index contributed by atoms with van der Waals surface area (Å²) in [6, 6.07) is 7.93. The molecule has 1 fully saturated rings. The fourth-order valence-corrected chi connectivity index (χ4v) is 3.04. The molecule has 2 aromatic rings. The lowest BCUT2D eigenvalue weighted by Crippen LogP contribution is -2.49. The van der Waals surface area contributed by atoms with E-state index < -0.39 is 0 Å². The Morgan fingerprint density at radius 1 is 1.20 bits per heavy atom. The molecule has 0 saturated carbocycles. The summed E-state index contributed by atoms with van der Waals surface area (Å²) in [6.07, 6.45) is 3.04. The number of piperazine rings is 1. The van der Waals surface area contributed by atoms with Crippen LogP contribution in [0.3, 0.4) is 0 Å². The Morgan fingerprint density at radius 2 is 1.92 bits per heavy atom. The topological polar surface area (TPSA) is 63.5 Å². The van der Waals surface area contributed by atoms with Crippen molar-refractivity contribution in [3.63, 3.8) is 0 Å². The van der Waals surface area contributed by atoms with E-state index in [0.717, 1.165) is 38.5 Å². The minimum absolute atomic E-state index is 0.103. The zero-order chi connectivity index (χ0) is 17.6. The number of ether oxygens (including phenoxy) is 1. The number of carbonyl (C=O) groups excluding carboxylic acids is 1. The molecule has 1 amide bonds. The average molecular weight is 343 g/mol. The number of hydrogen-bond acceptors (Lipinski definition) is 5. The van der Waals surface area contributed by atoms with Gasteiger partial charge in [0, 0.05) is 32.7 Å². The number of aromatic nitrogens is 3. The van der Waals surface area contributed by atoms with Gasteiger partial charge in [0.1, 0.15) is 24.4 Å². The summed E-state index contributed by atoms with van der Waals surface area (Å²) in [4.78, 5) is 20.8. The van der Waals surface area contributed by atoms with Crippen LogP contribution in [0.15, 0.2) is 36.9 Å². The van der Waals surface area contributed by atoms with Gasteiger partial charge in [-0.05, 0) is 31.5 Å². The maximum atomic E-state index is 12.6. The summed E-state index contributed by atoms with van der Waals surface area (Å²) >= 11 is 0. The third kappa shape index (κ3) is 4.36. The molecule has 7 nitrogen and oxygen atoms in total. The summed E-state index contributed by atoms with van der Waals surface area (Å²) in [6.45, 7) is 8.67. The van der Waals surface area contributed by atoms with Crippen molar-refractivity contribution < 1.29 is 9.53 Å². The fraction of sp³-hybridized carbons (Fsp3) is 0.500. The normalized spacial score (nSPS) is 16.6. The van der Waals surface area contributed by atoms with E-state index in [1.54, 1.807) is 11.0 Å². The Labute approximate surface area is 148 Å². The third-order valence-electron chi connectivity index (χ3n) is 4.52. The van der Waals surface area contributed by atoms with E-state index in [0.29, 0.717) is 6.61 Å². The van der Waals surface area contributed by atoms with Crippen LogP contribution in [0, 0.1) is 0 Å². The molecule has 0 radical (unpaired) electrons. The lowest BCUT2D eigenvalue weighted by Gasteiger charge is -2.35. The fourth-order valence-electron chi connectivity index (χ4n) is 3.04. The molecular formula is C18H25N5O2. The van der Waals surface area contributed by atoms with Gasteiger partial charge in [0.25, 0.3) is 0 Å². The van der Waals surface area contributed by atoms with Gasteiger partial charge < -0.3 is 9.64 Å². The van der Waals surface area contributed by atoms with E-state index in [-0.39, 0.29) is 11.9 Å². The molecule has 1 saturated heterocycles. The Balaban J connectivity index is 1.49. The second-order valence-electron chi connectivity index (χ2n) is 6.23. The first-order valence-electron chi connectivity index (χ1n) is 8.74. The molecule has 0 spiro atoms. The molecule has 2 heterocycles. The lowest BCUT2D eigenvalue weighted by atomic mass is 10.2. The van der Waals surface area contributed by atoms with Crippen LogP contribution >= 0.6 is 0 Å². The second kappa shape index (κ2) is 8.11. The molecule has 7 heteroatoms. The van der Waals surface area contributed by atoms with Crippen molar-refractivity contribution >= 4 is 5.91 Å². The minimum atomic E-state index is -0.305. The van der Waals surface area contributed by atoms with E-state index in [1.807, 2.05) is 30.9 Å². The van der Waals surface area contributed by atoms with Crippen molar-refractivity contribution in [2.24, 2.45) is 0 Å². The number of nitrogens with zero attached hydrogens (tertiary/aromatic N) is 5. The molecule has 1 aliphatic rings. The Kier molecular flexibility index (Phi) is 5.65. The van der Waals surface area contributed by atoms with Gasteiger partial charge >= 0.3 is 0 Å². The van der Waals surface area contributed by atoms with Crippen LogP contribution in [-0.2, 0) is 11.3 Å². The summed E-state index contributed by atoms with van der Waals surface area (Å²) < 4.78 is 7.08. The van der Waals surface area contributed by atoms with Gasteiger partial charge in [0.2, 0.25) is 5.91 Å². The van der Waals surface area contributed by atoms with Crippen molar-refractivity contribution in [3.8, 4) is 5.75 Å². The number of rotatable bonds is 6. The van der Waals surface area contributed by atoms with Crippen LogP contribution in [0.5, 0.6) is 5.75 Å². The van der Waals surface area contributed by atoms with Gasteiger partial charge in [0.15, 0.2) is 0 Å². The minimum Gasteiger partial charge on any atom is -0.494 e. The van der Waals surface area contributed by atoms with Crippen LogP contribution in [0.25, 0.3) is 0 Å². The van der Waals surface area contributed by atoms with Crippen molar-refractivity contribution in [2.45, 2.75) is 26.4 Å². The number of benzene rings is 1. The van der Waals surface area contributed by atoms with E-state index in [1.165, 1.54) is 11.9 Å². The molecule has 3 rings (SSSR count). The SMILES string of the molecule is CCOc1ccc(CN2CCN(C(=O)[C@H](C)n3cncn3)CC2)cc1. The van der Waals surface area contributed by atoms with E-state index >= 15 is 0 Å². The van der Waals surface area contributed by atoms with Crippen molar-refractivity contribution in [2.75, 3.05) is 32.8 Å². The van der Waals surface area contributed by atoms with Crippen molar-refractivity contribution in [3.05, 3.63) is 42.5 Å². The molecule has 25 heavy (non-hydrogen) atoms. The van der Waals surface area contributed by atoms with Gasteiger partial charge in [-0.3, -0.25) is 9.69 Å². The van der Waals surface area contributed by atoms with Gasteiger partial charge in [-0.2, -0.15) is 5.10 Å². The van der Waals surface area contributed by atoms with Gasteiger partial charge in [0.05, 0.1) is 6.61 Å². The monoisotopic (exact) mass is 343 g/mol. The van der Waals surface area contributed by atoms with Crippen molar-refractivity contribution in [1.29, 1.82) is 0 Å². The number of carbonyl (C=O) groups is 1. The summed E-state index contributed by atoms with van der Waals surface area (Å²) in [5, 5.41) is 4.06. The molecule has 134 valence electrons. The van der Waals surface area contributed by atoms with Crippen LogP contribution in [0.4, 0.5) is 0 Å². The summed E-state index contributed by atoms with van der Waals surface area (Å²) in [5.74, 6) is 1.01. The molecule has 0 unspecified atom stereocenters. The van der Waals surface area contributed by atoms with Gasteiger partial charge in [-0.15, -0.1) is 0 Å². The van der Waals surface area contributed by atoms with Crippen LogP contribution in [0.2, 0.25) is 0 Å². The van der Waals surface area contributed by atoms with Crippen LogP contribution in [-0.4, -0.2) is 63.3 Å². The predicted molar refractivity (Wildman–Crippen MR) is 94.2 cm³/mol. The second-order valence-corrected chi connectivity index (χ2v) is 6.23. The molecule has 1 aromatic heterocycles. The zero-order valence-electron chi connectivity index (χ0n) is 14.8. The smallest absolute Gasteiger partial charge is 0.247 e. The molecule has 0 bridgehead atoms. The van der Waals surface area contributed by atoms with E-state index in [9.17, 15) is 4.79 Å². The highest BCUT2D eigenvalue weighted by molar-refractivity contribution is 5.80. The molecule has 0 N–H and O–H groups in total. The maximum absolute atomic E-state index is 12.6. The first-order chi connectivity index (χ1) is 12.2. The molecule has 0 aliphatic carbocycles. The highest BCUT2D eigenvalue weighted by Crippen LogP contribution is 2.16. The predicted octanol–water partition coefficient (Wildman–Crippen LogP) is 1.58. The summed E-state index contributed by atoms with van der Waals surface area (Å²) in [5.41, 5.74) is 1.26. The Bertz CT molecular complexity index is 663. The Morgan fingerprint density at radius 3 is 2.52 bits per heavy atom. The number of hydrogen-bond donors (Lipinski definition) is 0. The average Bonchev–Trinajstić information content (AvgIpc) is 3.18. The Hall–Kier alpha value is -2.41. The first kappa shape index (κ1) is 17.4. The highest BCUT2D eigenvalue weighted by atomic mass is 16.5.